The van der Waals surface area contributed by atoms with Crippen LogP contribution in [0.3, 0.4) is 0 Å². The summed E-state index contributed by atoms with van der Waals surface area (Å²) in [5, 5.41) is 6.53. The van der Waals surface area contributed by atoms with E-state index >= 15 is 0 Å². The van der Waals surface area contributed by atoms with Crippen LogP contribution in [0.2, 0.25) is 0 Å². The molecule has 6 heteroatoms. The first-order valence-corrected chi connectivity index (χ1v) is 13.2. The molecule has 1 heterocycles. The van der Waals surface area contributed by atoms with Crippen LogP contribution in [0.5, 0.6) is 11.5 Å². The Bertz CT molecular complexity index is 1500. The summed E-state index contributed by atoms with van der Waals surface area (Å²) in [6, 6.07) is 21.6. The molecule has 2 N–H and O–H groups in total. The monoisotopic (exact) mass is 522 g/mol. The van der Waals surface area contributed by atoms with Gasteiger partial charge in [0.2, 0.25) is 0 Å². The Hall–Kier alpha value is -4.32. The van der Waals surface area contributed by atoms with Crippen LogP contribution in [0.4, 0.5) is 5.69 Å². The highest BCUT2D eigenvalue weighted by atomic mass is 16.5. The lowest BCUT2D eigenvalue weighted by Gasteiger charge is -2.37. The van der Waals surface area contributed by atoms with Gasteiger partial charge in [0.15, 0.2) is 17.3 Å². The number of hydrogen-bond acceptors (Lipinski definition) is 5. The van der Waals surface area contributed by atoms with Crippen molar-refractivity contribution in [3.8, 4) is 11.5 Å². The van der Waals surface area contributed by atoms with Crippen molar-refractivity contribution in [2.24, 2.45) is 0 Å². The van der Waals surface area contributed by atoms with E-state index < -0.39 is 5.92 Å². The van der Waals surface area contributed by atoms with Crippen LogP contribution in [-0.4, -0.2) is 25.9 Å². The highest BCUT2D eigenvalue weighted by Crippen LogP contribution is 2.47. The lowest BCUT2D eigenvalue weighted by molar-refractivity contribution is -0.116. The van der Waals surface area contributed by atoms with Gasteiger partial charge in [-0.15, -0.1) is 0 Å². The largest absolute Gasteiger partial charge is 0.493 e. The molecule has 1 aliphatic heterocycles. The van der Waals surface area contributed by atoms with Crippen molar-refractivity contribution in [1.82, 2.24) is 5.32 Å². The summed E-state index contributed by atoms with van der Waals surface area (Å²) in [6.07, 6.45) is 1.01. The van der Waals surface area contributed by atoms with Gasteiger partial charge in [0, 0.05) is 40.6 Å². The van der Waals surface area contributed by atoms with Crippen LogP contribution >= 0.6 is 0 Å². The molecular weight excluding hydrogens is 488 g/mol. The van der Waals surface area contributed by atoms with Crippen LogP contribution in [0.15, 0.2) is 89.3 Å². The van der Waals surface area contributed by atoms with Crippen molar-refractivity contribution < 1.29 is 19.1 Å². The zero-order valence-corrected chi connectivity index (χ0v) is 23.1. The Labute approximate surface area is 229 Å². The molecule has 2 aliphatic rings. The smallest absolute Gasteiger partial charge is 0.254 e. The maximum absolute atomic E-state index is 13.9. The number of ketones is 1. The van der Waals surface area contributed by atoms with Gasteiger partial charge in [-0.2, -0.15) is 0 Å². The second-order valence-corrected chi connectivity index (χ2v) is 10.3. The zero-order valence-electron chi connectivity index (χ0n) is 23.1. The minimum Gasteiger partial charge on any atom is -0.493 e. The average molecular weight is 523 g/mol. The molecule has 6 nitrogen and oxygen atoms in total. The molecule has 3 aromatic rings. The highest BCUT2D eigenvalue weighted by Gasteiger charge is 2.41. The number of Topliss-reactive ketones (excluding diaryl/α,β-unsaturated/α-hetero) is 1. The number of carbonyl (C=O) groups is 2. The topological polar surface area (TPSA) is 76.7 Å². The third-order valence-electron chi connectivity index (χ3n) is 7.76. The number of benzene rings is 3. The van der Waals surface area contributed by atoms with Crippen molar-refractivity contribution in [2.75, 3.05) is 19.5 Å². The molecule has 0 fully saturated rings. The van der Waals surface area contributed by atoms with Gasteiger partial charge < -0.3 is 20.1 Å². The minimum absolute atomic E-state index is 0.0168. The van der Waals surface area contributed by atoms with Crippen LogP contribution < -0.4 is 20.1 Å². The summed E-state index contributed by atoms with van der Waals surface area (Å²) in [6.45, 7) is 5.96. The quantitative estimate of drug-likeness (QED) is 0.396. The van der Waals surface area contributed by atoms with Gasteiger partial charge in [0.1, 0.15) is 0 Å². The van der Waals surface area contributed by atoms with Crippen LogP contribution in [0, 0.1) is 13.8 Å². The van der Waals surface area contributed by atoms with Gasteiger partial charge in [-0.3, -0.25) is 9.59 Å². The molecular formula is C33H34N2O4. The maximum Gasteiger partial charge on any atom is 0.254 e. The number of allylic oxidation sites excluding steroid dienone is 3. The van der Waals surface area contributed by atoms with E-state index in [-0.39, 0.29) is 17.6 Å². The number of hydrogen-bond donors (Lipinski definition) is 2. The molecule has 2 unspecified atom stereocenters. The molecule has 200 valence electrons. The number of methoxy groups -OCH3 is 2. The second-order valence-electron chi connectivity index (χ2n) is 10.3. The predicted molar refractivity (Wildman–Crippen MR) is 153 cm³/mol. The van der Waals surface area contributed by atoms with Crippen molar-refractivity contribution in [1.29, 1.82) is 0 Å². The van der Waals surface area contributed by atoms with Crippen LogP contribution in [-0.2, 0) is 9.59 Å². The van der Waals surface area contributed by atoms with Crippen molar-refractivity contribution in [3.63, 3.8) is 0 Å². The summed E-state index contributed by atoms with van der Waals surface area (Å²) in [4.78, 5) is 27.7. The van der Waals surface area contributed by atoms with Gasteiger partial charge >= 0.3 is 0 Å². The number of dihydropyridines is 1. The van der Waals surface area contributed by atoms with E-state index in [0.717, 1.165) is 39.3 Å². The molecule has 0 aromatic heterocycles. The first-order chi connectivity index (χ1) is 18.8. The minimum atomic E-state index is -0.452. The normalized spacial score (nSPS) is 18.8. The SMILES string of the molecule is COc1ccc(C2CC(=O)C3=C(C2)NC(C)=C(C(=O)Nc2ccc(C)cc2)C3c2ccccc2C)cc1OC. The predicted octanol–water partition coefficient (Wildman–Crippen LogP) is 6.32. The first kappa shape index (κ1) is 26.3. The maximum atomic E-state index is 13.9. The summed E-state index contributed by atoms with van der Waals surface area (Å²) in [5.41, 5.74) is 7.76. The standard InChI is InChI=1S/C33H34N2O4/c1-19-10-13-24(14-11-19)35-33(37)30-21(3)34-26-16-23(22-12-15-28(38-4)29(18-22)39-5)17-27(36)32(26)31(30)25-9-7-6-8-20(25)2/h6-15,18,23,31,34H,16-17H2,1-5H3,(H,35,37). The van der Waals surface area contributed by atoms with E-state index in [0.29, 0.717) is 35.5 Å². The number of ether oxygens (including phenoxy) is 2. The summed E-state index contributed by atoms with van der Waals surface area (Å²) in [7, 11) is 3.22. The van der Waals surface area contributed by atoms with Gasteiger partial charge in [0.25, 0.3) is 5.91 Å². The molecule has 1 aliphatic carbocycles. The molecule has 0 saturated heterocycles. The molecule has 0 spiro atoms. The Morgan fingerprint density at radius 3 is 2.31 bits per heavy atom. The van der Waals surface area contributed by atoms with Crippen molar-refractivity contribution >= 4 is 17.4 Å². The molecule has 1 amide bonds. The second kappa shape index (κ2) is 10.8. The number of carbonyl (C=O) groups excluding carboxylic acids is 2. The first-order valence-electron chi connectivity index (χ1n) is 13.2. The van der Waals surface area contributed by atoms with E-state index in [9.17, 15) is 9.59 Å². The van der Waals surface area contributed by atoms with E-state index in [1.165, 1.54) is 0 Å². The lowest BCUT2D eigenvalue weighted by Crippen LogP contribution is -2.37. The van der Waals surface area contributed by atoms with E-state index in [1.807, 2.05) is 87.5 Å². The van der Waals surface area contributed by atoms with Gasteiger partial charge in [0.05, 0.1) is 14.2 Å². The summed E-state index contributed by atoms with van der Waals surface area (Å²) >= 11 is 0. The lowest BCUT2D eigenvalue weighted by atomic mass is 9.71. The number of amides is 1. The van der Waals surface area contributed by atoms with Crippen molar-refractivity contribution in [2.45, 2.75) is 45.4 Å². The highest BCUT2D eigenvalue weighted by molar-refractivity contribution is 6.10. The number of rotatable bonds is 6. The zero-order chi connectivity index (χ0) is 27.7. The third-order valence-corrected chi connectivity index (χ3v) is 7.76. The Morgan fingerprint density at radius 2 is 1.62 bits per heavy atom. The third kappa shape index (κ3) is 5.07. The van der Waals surface area contributed by atoms with Gasteiger partial charge in [-0.25, -0.2) is 0 Å². The number of aryl methyl sites for hydroxylation is 2. The van der Waals surface area contributed by atoms with Crippen LogP contribution in [0.1, 0.15) is 53.9 Å². The van der Waals surface area contributed by atoms with Gasteiger partial charge in [-0.1, -0.05) is 48.0 Å². The van der Waals surface area contributed by atoms with E-state index in [1.54, 1.807) is 14.2 Å². The Kier molecular flexibility index (Phi) is 7.29. The fourth-order valence-corrected chi connectivity index (χ4v) is 5.74. The fourth-order valence-electron chi connectivity index (χ4n) is 5.74. The molecule has 0 saturated carbocycles. The van der Waals surface area contributed by atoms with E-state index in [4.69, 9.17) is 9.47 Å². The summed E-state index contributed by atoms with van der Waals surface area (Å²) in [5.74, 6) is 0.663. The average Bonchev–Trinajstić information content (AvgIpc) is 2.93. The van der Waals surface area contributed by atoms with Crippen molar-refractivity contribution in [3.05, 3.63) is 112 Å². The number of anilines is 1. The molecule has 0 bridgehead atoms. The molecule has 2 atom stereocenters. The molecule has 39 heavy (non-hydrogen) atoms. The summed E-state index contributed by atoms with van der Waals surface area (Å²) < 4.78 is 10.9. The van der Waals surface area contributed by atoms with Gasteiger partial charge in [-0.05, 0) is 74.1 Å². The Morgan fingerprint density at radius 1 is 0.897 bits per heavy atom. The Balaban J connectivity index is 1.55. The number of nitrogens with one attached hydrogen (secondary N) is 2. The fraction of sp³-hybridized carbons (Fsp3) is 0.273. The van der Waals surface area contributed by atoms with Crippen LogP contribution in [0.25, 0.3) is 0 Å². The molecule has 5 rings (SSSR count). The molecule has 0 radical (unpaired) electrons. The molecule has 3 aromatic carbocycles. The van der Waals surface area contributed by atoms with E-state index in [2.05, 4.69) is 10.6 Å².